The van der Waals surface area contributed by atoms with Gasteiger partial charge in [0, 0.05) is 48.9 Å². The maximum Gasteiger partial charge on any atom is 0.130 e. The summed E-state index contributed by atoms with van der Waals surface area (Å²) in [4.78, 5) is 0. The fourth-order valence-corrected chi connectivity index (χ4v) is 0. The van der Waals surface area contributed by atoms with Crippen LogP contribution in [0.4, 0.5) is 0 Å². The number of rotatable bonds is 0. The smallest absolute Gasteiger partial charge is 0.130 e. The van der Waals surface area contributed by atoms with Crippen LogP contribution in [0.2, 0.25) is 0 Å². The molecule has 0 spiro atoms. The molecule has 0 atom stereocenters. The number of hydrogen-bond donors (Lipinski definition) is 1. The Morgan fingerprint density at radius 2 is 1.60 bits per heavy atom. The second-order valence-corrected chi connectivity index (χ2v) is 0.300. The molecule has 2 nitrogen and oxygen atoms in total. The van der Waals surface area contributed by atoms with Crippen molar-refractivity contribution in [3.05, 3.63) is 0 Å². The van der Waals surface area contributed by atoms with Crippen LogP contribution < -0.4 is 0 Å². The van der Waals surface area contributed by atoms with E-state index in [9.17, 15) is 0 Å². The van der Waals surface area contributed by atoms with Crippen LogP contribution in [-0.2, 0) is 0 Å². The zero-order valence-corrected chi connectivity index (χ0v) is 7.94. The largest absolute Gasteiger partial charge is 0.412 e. The van der Waals surface area contributed by atoms with E-state index in [-0.39, 0.29) is 54.4 Å². The molecule has 0 amide bonds. The van der Waals surface area contributed by atoms with Crippen LogP contribution in [0.5, 0.6) is 0 Å². The Kier molecular flexibility index (Phi) is 59.0. The van der Waals surface area contributed by atoms with Crippen LogP contribution in [-0.4, -0.2) is 54.4 Å². The van der Waals surface area contributed by atoms with Gasteiger partial charge in [-0.2, -0.15) is 5.26 Å². The van der Waals surface area contributed by atoms with E-state index in [1.54, 1.807) is 0 Å². The van der Waals surface area contributed by atoms with E-state index < -0.39 is 0 Å². The van der Waals surface area contributed by atoms with Gasteiger partial charge in [0.2, 0.25) is 0 Å². The minimum absolute atomic E-state index is 0. The van der Waals surface area contributed by atoms with Gasteiger partial charge in [-0.05, 0) is 0 Å². The normalized spacial score (nSPS) is 1.60. The van der Waals surface area contributed by atoms with Crippen molar-refractivity contribution in [3.8, 4) is 5.40 Å². The first kappa shape index (κ1) is 16.2. The van der Waals surface area contributed by atoms with Gasteiger partial charge in [0.15, 0.2) is 0 Å². The van der Waals surface area contributed by atoms with Crippen molar-refractivity contribution in [2.75, 3.05) is 0 Å². The zero-order valence-electron chi connectivity index (χ0n) is 2.60. The van der Waals surface area contributed by atoms with Crippen molar-refractivity contribution in [1.82, 2.24) is 0 Å². The summed E-state index contributed by atoms with van der Waals surface area (Å²) in [6.45, 7) is 0. The first-order valence-corrected chi connectivity index (χ1v) is 0.894. The van der Waals surface area contributed by atoms with Crippen molar-refractivity contribution in [3.63, 3.8) is 0 Å². The molecule has 4 heteroatoms. The Balaban J connectivity index is -0.0000000200. The summed E-state index contributed by atoms with van der Waals surface area (Å²) in [6, 6.07) is 0. The predicted octanol–water partition coefficient (Wildman–Crippen LogP) is -0.808. The van der Waals surface area contributed by atoms with Crippen molar-refractivity contribution in [2.45, 2.75) is 0 Å². The number of hydrogen-bond acceptors (Lipinski definition) is 2. The Morgan fingerprint density at radius 3 is 1.60 bits per heavy atom. The molecule has 0 aliphatic heterocycles. The van der Waals surface area contributed by atoms with Crippen LogP contribution in [0.15, 0.2) is 0 Å². The molecule has 0 aromatic carbocycles. The van der Waals surface area contributed by atoms with Gasteiger partial charge in [-0.25, -0.2) is 0 Å². The molecule has 2 radical (unpaired) electrons. The summed E-state index contributed by atoms with van der Waals surface area (Å²) in [6.07, 6.45) is 0. The molecule has 0 unspecified atom stereocenters. The standard InChI is InChI=1S/CHNS.Ba.H2O/c2-1-3;;/h3H;;1H2. The van der Waals surface area contributed by atoms with Gasteiger partial charge in [-0.15, -0.1) is 0 Å². The van der Waals surface area contributed by atoms with Gasteiger partial charge in [0.25, 0.3) is 0 Å². The fourth-order valence-electron chi connectivity index (χ4n) is 0. The average Bonchev–Trinajstić information content (AvgIpc) is 0.918. The van der Waals surface area contributed by atoms with Crippen molar-refractivity contribution in [2.24, 2.45) is 0 Å². The number of nitrogens with zero attached hydrogens (tertiary/aromatic N) is 1. The molecule has 0 aromatic heterocycles. The summed E-state index contributed by atoms with van der Waals surface area (Å²) in [5, 5.41) is 8.63. The molecule has 0 fully saturated rings. The van der Waals surface area contributed by atoms with Gasteiger partial charge in [-0.3, -0.25) is 0 Å². The van der Waals surface area contributed by atoms with Crippen molar-refractivity contribution in [1.29, 1.82) is 5.26 Å². The maximum absolute atomic E-state index is 7.18. The molecular weight excluding hydrogens is 211 g/mol. The Hall–Kier alpha value is 1.37. The summed E-state index contributed by atoms with van der Waals surface area (Å²) >= 11 is 3.09. The molecule has 0 rings (SSSR count). The Bertz CT molecular complexity index is 33.1. The third-order valence-corrected chi connectivity index (χ3v) is 0. The van der Waals surface area contributed by atoms with Gasteiger partial charge in [-0.1, -0.05) is 12.6 Å². The van der Waals surface area contributed by atoms with E-state index >= 15 is 0 Å². The molecule has 0 saturated carbocycles. The molecule has 0 aliphatic rings. The SMILES string of the molecule is N#CS.O.[Ba]. The van der Waals surface area contributed by atoms with Crippen LogP contribution in [0.25, 0.3) is 0 Å². The zero-order chi connectivity index (χ0) is 2.71. The summed E-state index contributed by atoms with van der Waals surface area (Å²) in [5.41, 5.74) is 0. The van der Waals surface area contributed by atoms with E-state index in [0.717, 1.165) is 0 Å². The van der Waals surface area contributed by atoms with Crippen LogP contribution >= 0.6 is 12.6 Å². The van der Waals surface area contributed by atoms with E-state index in [2.05, 4.69) is 12.6 Å². The second-order valence-electron chi connectivity index (χ2n) is 0.100. The number of thiocyanates is 1. The van der Waals surface area contributed by atoms with Crippen LogP contribution in [0, 0.1) is 10.7 Å². The molecule has 0 aliphatic carbocycles. The first-order chi connectivity index (χ1) is 1.41. The average molecular weight is 214 g/mol. The van der Waals surface area contributed by atoms with Crippen molar-refractivity contribution >= 4 is 61.5 Å². The second kappa shape index (κ2) is 18.3. The fraction of sp³-hybridized carbons (Fsp3) is 0. The summed E-state index contributed by atoms with van der Waals surface area (Å²) in [5.74, 6) is 0. The molecule has 2 N–H and O–H groups in total. The van der Waals surface area contributed by atoms with E-state index in [1.807, 2.05) is 0 Å². The topological polar surface area (TPSA) is 55.3 Å². The van der Waals surface area contributed by atoms with Gasteiger partial charge < -0.3 is 5.48 Å². The van der Waals surface area contributed by atoms with Gasteiger partial charge >= 0.3 is 0 Å². The molecule has 5 heavy (non-hydrogen) atoms. The van der Waals surface area contributed by atoms with Gasteiger partial charge in [0.05, 0.1) is 0 Å². The van der Waals surface area contributed by atoms with E-state index in [0.29, 0.717) is 0 Å². The Morgan fingerprint density at radius 1 is 1.60 bits per heavy atom. The quantitative estimate of drug-likeness (QED) is 0.320. The third-order valence-electron chi connectivity index (χ3n) is 0. The number of nitriles is 1. The maximum atomic E-state index is 7.18. The monoisotopic (exact) mass is 215 g/mol. The third kappa shape index (κ3) is 32.5. The summed E-state index contributed by atoms with van der Waals surface area (Å²) < 4.78 is 0. The summed E-state index contributed by atoms with van der Waals surface area (Å²) in [7, 11) is 0. The van der Waals surface area contributed by atoms with Crippen molar-refractivity contribution < 1.29 is 5.48 Å². The molecule has 0 bridgehead atoms. The van der Waals surface area contributed by atoms with Crippen LogP contribution in [0.1, 0.15) is 0 Å². The minimum atomic E-state index is 0. The first-order valence-electron chi connectivity index (χ1n) is 0.447. The minimum Gasteiger partial charge on any atom is -0.412 e. The van der Waals surface area contributed by atoms with Gasteiger partial charge in [0.1, 0.15) is 5.40 Å². The van der Waals surface area contributed by atoms with Crippen LogP contribution in [0.3, 0.4) is 0 Å². The molecule has 0 heterocycles. The van der Waals surface area contributed by atoms with E-state index in [4.69, 9.17) is 5.26 Å². The molecule has 0 saturated heterocycles. The van der Waals surface area contributed by atoms with E-state index in [1.165, 1.54) is 5.40 Å². The molecule has 0 aromatic rings. The predicted molar refractivity (Wildman–Crippen MR) is 24.0 cm³/mol. The Labute approximate surface area is 76.3 Å². The molecular formula is CH3BaNOS. The molecule has 26 valence electrons. The number of thiol groups is 1.